The molecule has 40 heavy (non-hydrogen) atoms. The first-order valence-corrected chi connectivity index (χ1v) is 19.9. The van der Waals surface area contributed by atoms with Gasteiger partial charge in [0.05, 0.1) is 5.25 Å². The van der Waals surface area contributed by atoms with Crippen molar-refractivity contribution in [2.45, 2.75) is 135 Å². The van der Waals surface area contributed by atoms with Gasteiger partial charge in [0.2, 0.25) is 0 Å². The van der Waals surface area contributed by atoms with Crippen LogP contribution >= 0.6 is 45.8 Å². The summed E-state index contributed by atoms with van der Waals surface area (Å²) < 4.78 is 0. The van der Waals surface area contributed by atoms with Crippen molar-refractivity contribution >= 4 is 45.8 Å². The van der Waals surface area contributed by atoms with Crippen LogP contribution in [0.2, 0.25) is 0 Å². The zero-order valence-electron chi connectivity index (χ0n) is 25.1. The molecule has 4 heterocycles. The van der Waals surface area contributed by atoms with Gasteiger partial charge in [-0.1, -0.05) is 129 Å². The second kappa shape index (κ2) is 18.0. The molecule has 0 amide bonds. The molecule has 4 heteroatoms. The van der Waals surface area contributed by atoms with Gasteiger partial charge < -0.3 is 0 Å². The Morgan fingerprint density at radius 1 is 0.600 bits per heavy atom. The highest BCUT2D eigenvalue weighted by Gasteiger charge is 2.42. The van der Waals surface area contributed by atoms with E-state index in [1.165, 1.54) is 136 Å². The molecular formula is C36H52S4. The van der Waals surface area contributed by atoms with Gasteiger partial charge in [0, 0.05) is 31.2 Å². The van der Waals surface area contributed by atoms with Crippen LogP contribution < -0.4 is 0 Å². The van der Waals surface area contributed by atoms with E-state index in [0.29, 0.717) is 10.7 Å². The Labute approximate surface area is 262 Å². The number of hydrogen-bond acceptors (Lipinski definition) is 4. The van der Waals surface area contributed by atoms with Crippen LogP contribution in [0.4, 0.5) is 0 Å². The maximum absolute atomic E-state index is 2.66. The highest BCUT2D eigenvalue weighted by molar-refractivity contribution is 8.02. The average molecular weight is 613 g/mol. The molecule has 220 valence electrons. The number of thioether (sulfide) groups is 1. The van der Waals surface area contributed by atoms with Crippen molar-refractivity contribution in [2.75, 3.05) is 0 Å². The van der Waals surface area contributed by atoms with E-state index < -0.39 is 0 Å². The Morgan fingerprint density at radius 3 is 1.77 bits per heavy atom. The number of rotatable bonds is 21. The summed E-state index contributed by atoms with van der Waals surface area (Å²) in [5.41, 5.74) is 3.24. The first kappa shape index (κ1) is 32.1. The third-order valence-corrected chi connectivity index (χ3v) is 13.0. The monoisotopic (exact) mass is 612 g/mol. The molecule has 0 N–H and O–H groups in total. The molecule has 1 aliphatic rings. The third-order valence-electron chi connectivity index (χ3n) is 8.76. The molecule has 1 aliphatic heterocycles. The van der Waals surface area contributed by atoms with Crippen molar-refractivity contribution in [3.8, 4) is 20.9 Å². The van der Waals surface area contributed by atoms with Gasteiger partial charge in [0.15, 0.2) is 0 Å². The van der Waals surface area contributed by atoms with Gasteiger partial charge in [-0.15, -0.1) is 45.8 Å². The van der Waals surface area contributed by atoms with E-state index in [9.17, 15) is 0 Å². The maximum Gasteiger partial charge on any atom is 0.0529 e. The summed E-state index contributed by atoms with van der Waals surface area (Å²) >= 11 is 7.92. The van der Waals surface area contributed by atoms with E-state index in [1.807, 2.05) is 34.0 Å². The molecule has 0 saturated carbocycles. The predicted molar refractivity (Wildman–Crippen MR) is 187 cm³/mol. The Balaban J connectivity index is 1.43. The molecule has 3 aromatic heterocycles. The zero-order valence-corrected chi connectivity index (χ0v) is 28.4. The first-order valence-electron chi connectivity index (χ1n) is 16.3. The lowest BCUT2D eigenvalue weighted by Gasteiger charge is -2.35. The number of allylic oxidation sites excluding steroid dienone is 1. The van der Waals surface area contributed by atoms with E-state index in [0.717, 1.165) is 0 Å². The lowest BCUT2D eigenvalue weighted by atomic mass is 9.74. The minimum absolute atomic E-state index is 0.315. The van der Waals surface area contributed by atoms with Gasteiger partial charge in [-0.3, -0.25) is 0 Å². The topological polar surface area (TPSA) is 0 Å². The molecule has 0 aliphatic carbocycles. The van der Waals surface area contributed by atoms with E-state index >= 15 is 0 Å². The summed E-state index contributed by atoms with van der Waals surface area (Å²) in [6.07, 6.45) is 27.9. The second-order valence-electron chi connectivity index (χ2n) is 11.8. The molecule has 4 rings (SSSR count). The van der Waals surface area contributed by atoms with E-state index in [2.05, 4.69) is 77.5 Å². The van der Waals surface area contributed by atoms with Crippen LogP contribution in [-0.2, 0) is 0 Å². The lowest BCUT2D eigenvalue weighted by molar-refractivity contribution is 0.294. The summed E-state index contributed by atoms with van der Waals surface area (Å²) in [7, 11) is 0. The minimum atomic E-state index is 0.315. The molecule has 0 saturated heterocycles. The molecule has 0 aromatic carbocycles. The van der Waals surface area contributed by atoms with Gasteiger partial charge in [0.25, 0.3) is 0 Å². The lowest BCUT2D eigenvalue weighted by Crippen LogP contribution is -2.22. The highest BCUT2D eigenvalue weighted by atomic mass is 32.2. The fourth-order valence-electron chi connectivity index (χ4n) is 6.38. The highest BCUT2D eigenvalue weighted by Crippen LogP contribution is 2.60. The largest absolute Gasteiger partial charge is 0.147 e. The normalized spacial score (nSPS) is 16.3. The van der Waals surface area contributed by atoms with Crippen molar-refractivity contribution in [2.24, 2.45) is 5.41 Å². The third kappa shape index (κ3) is 9.09. The zero-order chi connectivity index (χ0) is 27.9. The quantitative estimate of drug-likeness (QED) is 0.108. The second-order valence-corrected chi connectivity index (χ2v) is 15.7. The summed E-state index contributed by atoms with van der Waals surface area (Å²) in [4.78, 5) is 4.49. The average Bonchev–Trinajstić information content (AvgIpc) is 3.78. The molecule has 3 aromatic rings. The minimum Gasteiger partial charge on any atom is -0.147 e. The van der Waals surface area contributed by atoms with Crippen LogP contribution in [0.1, 0.15) is 140 Å². The van der Waals surface area contributed by atoms with Crippen molar-refractivity contribution < 1.29 is 0 Å². The first-order chi connectivity index (χ1) is 19.8. The molecule has 0 bridgehead atoms. The fourth-order valence-corrected chi connectivity index (χ4v) is 10.9. The number of unbranched alkanes of at least 4 members (excludes halogenated alkanes) is 14. The standard InChI is InChI=1S/C36H52S4/c1-3-5-7-9-11-13-15-17-23-36(24-18-16-14-12-10-8-6-4-2)25-29-40-35(36)34-31(22-28-39-34)33-30(21-27-38-33)32-20-19-26-37-32/h19-22,25-29,35H,3-18,23-24H2,1-2H3. The van der Waals surface area contributed by atoms with Crippen LogP contribution in [0, 0.1) is 5.41 Å². The van der Waals surface area contributed by atoms with Crippen LogP contribution in [-0.4, -0.2) is 0 Å². The molecule has 0 fully saturated rings. The molecule has 0 radical (unpaired) electrons. The summed E-state index contributed by atoms with van der Waals surface area (Å²) in [6.45, 7) is 4.63. The number of hydrogen-bond donors (Lipinski definition) is 0. The Morgan fingerprint density at radius 2 is 1.18 bits per heavy atom. The van der Waals surface area contributed by atoms with Crippen LogP contribution in [0.25, 0.3) is 20.9 Å². The molecule has 0 spiro atoms. The van der Waals surface area contributed by atoms with Gasteiger partial charge in [-0.05, 0) is 52.6 Å². The van der Waals surface area contributed by atoms with Crippen LogP contribution in [0.3, 0.4) is 0 Å². The molecular weight excluding hydrogens is 561 g/mol. The smallest absolute Gasteiger partial charge is 0.0529 e. The number of thiophene rings is 3. The van der Waals surface area contributed by atoms with E-state index in [1.54, 1.807) is 4.88 Å². The molecule has 1 atom stereocenters. The summed E-state index contributed by atoms with van der Waals surface area (Å²) in [5, 5.41) is 9.90. The SMILES string of the molecule is CCCCCCCCCCC1(CCCCCCCCCC)C=CSC1c1sccc1-c1sccc1-c1cccs1. The van der Waals surface area contributed by atoms with Gasteiger partial charge >= 0.3 is 0 Å². The Bertz CT molecular complexity index is 1070. The Kier molecular flexibility index (Phi) is 14.4. The van der Waals surface area contributed by atoms with Gasteiger partial charge in [0.1, 0.15) is 0 Å². The van der Waals surface area contributed by atoms with Crippen molar-refractivity contribution in [3.05, 3.63) is 56.8 Å². The predicted octanol–water partition coefficient (Wildman–Crippen LogP) is 14.6. The summed E-state index contributed by atoms with van der Waals surface area (Å²) in [6, 6.07) is 9.22. The van der Waals surface area contributed by atoms with Gasteiger partial charge in [-0.25, -0.2) is 0 Å². The van der Waals surface area contributed by atoms with E-state index in [-0.39, 0.29) is 0 Å². The molecule has 1 unspecified atom stereocenters. The van der Waals surface area contributed by atoms with Gasteiger partial charge in [-0.2, -0.15) is 0 Å². The summed E-state index contributed by atoms with van der Waals surface area (Å²) in [5.74, 6) is 0. The Hall–Kier alpha value is -0.810. The fraction of sp³-hybridized carbons (Fsp3) is 0.611. The van der Waals surface area contributed by atoms with Crippen molar-refractivity contribution in [1.29, 1.82) is 0 Å². The van der Waals surface area contributed by atoms with E-state index in [4.69, 9.17) is 0 Å². The van der Waals surface area contributed by atoms with Crippen LogP contribution in [0.15, 0.2) is 51.9 Å². The maximum atomic E-state index is 2.66. The van der Waals surface area contributed by atoms with Crippen molar-refractivity contribution in [3.63, 3.8) is 0 Å². The van der Waals surface area contributed by atoms with Crippen LogP contribution in [0.5, 0.6) is 0 Å². The van der Waals surface area contributed by atoms with Crippen molar-refractivity contribution in [1.82, 2.24) is 0 Å². The molecule has 0 nitrogen and oxygen atoms in total.